The maximum atomic E-state index is 10.6. The molecule has 7 nitrogen and oxygen atoms in total. The maximum absolute atomic E-state index is 10.6. The third-order valence-electron chi connectivity index (χ3n) is 4.40. The number of carboxylic acids is 3. The van der Waals surface area contributed by atoms with Gasteiger partial charge in [-0.25, -0.2) is 9.59 Å². The number of rotatable bonds is 7. The summed E-state index contributed by atoms with van der Waals surface area (Å²) in [6.07, 6.45) is 0. The minimum Gasteiger partial charge on any atom is -0.545 e. The van der Waals surface area contributed by atoms with Gasteiger partial charge in [-0.05, 0) is 45.9 Å². The third kappa shape index (κ3) is 5.66. The highest BCUT2D eigenvalue weighted by Gasteiger charge is 2.16. The standard InChI is InChI=1S/C9H6O6.C8H20N/c10-7(11)4-1-2-5(8(12)13)6(3-4)9(14)15;1-5-9(6-2,7-3)8-4/h1-3H,(H,10,11)(H,12,13)(H,14,15);5-8H2,1-4H3/q;+1/p-1. The van der Waals surface area contributed by atoms with Crippen LogP contribution in [-0.4, -0.2) is 58.8 Å². The molecule has 0 saturated carbocycles. The van der Waals surface area contributed by atoms with Crippen LogP contribution in [0.4, 0.5) is 0 Å². The maximum Gasteiger partial charge on any atom is 0.336 e. The van der Waals surface area contributed by atoms with E-state index in [1.807, 2.05) is 0 Å². The van der Waals surface area contributed by atoms with Crippen molar-refractivity contribution >= 4 is 17.9 Å². The number of benzene rings is 1. The SMILES string of the molecule is CC[N+](CC)(CC)CC.O=C(O)c1ccc(C(=O)O)c(C(=O)[O-])c1. The predicted molar refractivity (Wildman–Crippen MR) is 87.1 cm³/mol. The number of carboxylic acid groups (broad SMARTS) is 3. The molecule has 1 rings (SSSR count). The van der Waals surface area contributed by atoms with Crippen molar-refractivity contribution in [1.82, 2.24) is 0 Å². The van der Waals surface area contributed by atoms with Crippen LogP contribution in [-0.2, 0) is 0 Å². The van der Waals surface area contributed by atoms with E-state index in [9.17, 15) is 19.5 Å². The molecular weight excluding hydrogens is 314 g/mol. The predicted octanol–water partition coefficient (Wildman–Crippen LogP) is 1.33. The van der Waals surface area contributed by atoms with Crippen LogP contribution in [0.2, 0.25) is 0 Å². The Hall–Kier alpha value is -2.41. The van der Waals surface area contributed by atoms with Crippen LogP contribution >= 0.6 is 0 Å². The van der Waals surface area contributed by atoms with Crippen LogP contribution in [0.1, 0.15) is 58.8 Å². The zero-order valence-electron chi connectivity index (χ0n) is 14.5. The van der Waals surface area contributed by atoms with Crippen molar-refractivity contribution in [3.05, 3.63) is 34.9 Å². The number of hydrogen-bond acceptors (Lipinski definition) is 4. The van der Waals surface area contributed by atoms with E-state index in [1.54, 1.807) is 0 Å². The van der Waals surface area contributed by atoms with Crippen LogP contribution in [0.3, 0.4) is 0 Å². The van der Waals surface area contributed by atoms with E-state index in [2.05, 4.69) is 27.7 Å². The van der Waals surface area contributed by atoms with Gasteiger partial charge in [0.1, 0.15) is 0 Å². The number of carbonyl (C=O) groups is 3. The molecule has 0 heterocycles. The summed E-state index contributed by atoms with van der Waals surface area (Å²) in [5, 5.41) is 27.7. The monoisotopic (exact) mass is 339 g/mol. The molecular formula is C17H25NO6. The van der Waals surface area contributed by atoms with Gasteiger partial charge < -0.3 is 24.6 Å². The number of carbonyl (C=O) groups excluding carboxylic acids is 1. The first-order chi connectivity index (χ1) is 11.2. The second-order valence-electron chi connectivity index (χ2n) is 5.26. The molecule has 0 saturated heterocycles. The lowest BCUT2D eigenvalue weighted by atomic mass is 10.0. The summed E-state index contributed by atoms with van der Waals surface area (Å²) >= 11 is 0. The fraction of sp³-hybridized carbons (Fsp3) is 0.471. The second-order valence-corrected chi connectivity index (χ2v) is 5.26. The number of hydrogen-bond donors (Lipinski definition) is 2. The topological polar surface area (TPSA) is 115 Å². The van der Waals surface area contributed by atoms with Crippen LogP contribution < -0.4 is 5.11 Å². The summed E-state index contributed by atoms with van der Waals surface area (Å²) in [7, 11) is 0. The minimum absolute atomic E-state index is 0.306. The van der Waals surface area contributed by atoms with E-state index in [0.29, 0.717) is 0 Å². The Morgan fingerprint density at radius 2 is 1.33 bits per heavy atom. The van der Waals surface area contributed by atoms with Crippen LogP contribution in [0.25, 0.3) is 0 Å². The first kappa shape index (κ1) is 21.6. The average Bonchev–Trinajstić information content (AvgIpc) is 2.57. The number of nitrogens with zero attached hydrogens (tertiary/aromatic N) is 1. The molecule has 1 aromatic carbocycles. The summed E-state index contributed by atoms with van der Waals surface area (Å²) in [4.78, 5) is 31.6. The molecule has 0 bridgehead atoms. The molecule has 7 heteroatoms. The third-order valence-corrected chi connectivity index (χ3v) is 4.40. The summed E-state index contributed by atoms with van der Waals surface area (Å²) in [6, 6.07) is 2.68. The van der Waals surface area contributed by atoms with E-state index >= 15 is 0 Å². The lowest BCUT2D eigenvalue weighted by molar-refractivity contribution is -0.921. The molecule has 0 fully saturated rings. The van der Waals surface area contributed by atoms with Gasteiger partial charge >= 0.3 is 11.9 Å². The molecule has 0 aliphatic heterocycles. The van der Waals surface area contributed by atoms with Gasteiger partial charge in [0.2, 0.25) is 0 Å². The fourth-order valence-corrected chi connectivity index (χ4v) is 2.37. The van der Waals surface area contributed by atoms with Crippen molar-refractivity contribution in [3.8, 4) is 0 Å². The van der Waals surface area contributed by atoms with Gasteiger partial charge in [0.25, 0.3) is 0 Å². The first-order valence-electron chi connectivity index (χ1n) is 7.85. The van der Waals surface area contributed by atoms with E-state index in [0.717, 1.165) is 18.2 Å². The van der Waals surface area contributed by atoms with Crippen LogP contribution in [0.5, 0.6) is 0 Å². The van der Waals surface area contributed by atoms with Crippen molar-refractivity contribution in [3.63, 3.8) is 0 Å². The van der Waals surface area contributed by atoms with Gasteiger partial charge in [-0.3, -0.25) is 0 Å². The van der Waals surface area contributed by atoms with E-state index in [1.165, 1.54) is 30.7 Å². The molecule has 0 amide bonds. The number of quaternary nitrogens is 1. The Morgan fingerprint density at radius 1 is 0.875 bits per heavy atom. The van der Waals surface area contributed by atoms with Crippen molar-refractivity contribution < 1.29 is 34.2 Å². The highest BCUT2D eigenvalue weighted by atomic mass is 16.4. The van der Waals surface area contributed by atoms with Crippen molar-refractivity contribution in [2.75, 3.05) is 26.2 Å². The van der Waals surface area contributed by atoms with Gasteiger partial charge in [0.05, 0.1) is 43.3 Å². The highest BCUT2D eigenvalue weighted by molar-refractivity contribution is 6.03. The smallest absolute Gasteiger partial charge is 0.336 e. The van der Waals surface area contributed by atoms with E-state index in [-0.39, 0.29) is 5.56 Å². The Morgan fingerprint density at radius 3 is 1.58 bits per heavy atom. The molecule has 134 valence electrons. The molecule has 2 N–H and O–H groups in total. The molecule has 0 radical (unpaired) electrons. The molecule has 24 heavy (non-hydrogen) atoms. The largest absolute Gasteiger partial charge is 0.545 e. The Kier molecular flexibility index (Phi) is 8.70. The fourth-order valence-electron chi connectivity index (χ4n) is 2.37. The Bertz CT molecular complexity index is 575. The van der Waals surface area contributed by atoms with Gasteiger partial charge in [0.15, 0.2) is 0 Å². The summed E-state index contributed by atoms with van der Waals surface area (Å²) in [5.41, 5.74) is -1.46. The quantitative estimate of drug-likeness (QED) is 0.724. The van der Waals surface area contributed by atoms with Gasteiger partial charge in [-0.2, -0.15) is 0 Å². The van der Waals surface area contributed by atoms with Crippen molar-refractivity contribution in [2.45, 2.75) is 27.7 Å². The summed E-state index contributed by atoms with van der Waals surface area (Å²) in [6.45, 7) is 14.2. The molecule has 0 spiro atoms. The van der Waals surface area contributed by atoms with Crippen LogP contribution in [0, 0.1) is 0 Å². The zero-order chi connectivity index (χ0) is 18.9. The Balaban J connectivity index is 0.000000506. The van der Waals surface area contributed by atoms with Gasteiger partial charge in [0, 0.05) is 5.56 Å². The van der Waals surface area contributed by atoms with E-state index < -0.39 is 29.0 Å². The second kappa shape index (κ2) is 9.67. The highest BCUT2D eigenvalue weighted by Crippen LogP contribution is 2.11. The normalized spacial score (nSPS) is 10.5. The summed E-state index contributed by atoms with van der Waals surface area (Å²) < 4.78 is 1.28. The average molecular weight is 339 g/mol. The molecule has 0 aromatic heterocycles. The Labute approximate surface area is 141 Å². The van der Waals surface area contributed by atoms with E-state index in [4.69, 9.17) is 10.2 Å². The lowest BCUT2D eigenvalue weighted by Crippen LogP contribution is -2.47. The molecule has 0 aliphatic carbocycles. The molecule has 0 atom stereocenters. The molecule has 0 unspecified atom stereocenters. The van der Waals surface area contributed by atoms with Crippen molar-refractivity contribution in [1.29, 1.82) is 0 Å². The van der Waals surface area contributed by atoms with Crippen LogP contribution in [0.15, 0.2) is 18.2 Å². The summed E-state index contributed by atoms with van der Waals surface area (Å²) in [5.74, 6) is -4.52. The minimum atomic E-state index is -1.73. The number of aromatic carboxylic acids is 3. The molecule has 0 aliphatic rings. The first-order valence-corrected chi connectivity index (χ1v) is 7.85. The van der Waals surface area contributed by atoms with Crippen molar-refractivity contribution in [2.24, 2.45) is 0 Å². The molecule has 1 aromatic rings. The lowest BCUT2D eigenvalue weighted by Gasteiger charge is -2.34. The zero-order valence-corrected chi connectivity index (χ0v) is 14.5. The van der Waals surface area contributed by atoms with Gasteiger partial charge in [-0.1, -0.05) is 0 Å². The van der Waals surface area contributed by atoms with Gasteiger partial charge in [-0.15, -0.1) is 0 Å².